The monoisotopic (exact) mass is 386 g/mol. The zero-order chi connectivity index (χ0) is 20.2. The summed E-state index contributed by atoms with van der Waals surface area (Å²) in [5.74, 6) is -2.89. The summed E-state index contributed by atoms with van der Waals surface area (Å²) in [6.07, 6.45) is 24.8. The molecule has 3 heteroatoms. The molecule has 0 rings (SSSR count). The van der Waals surface area contributed by atoms with Gasteiger partial charge in [0.25, 0.3) is 5.97 Å². The topological polar surface area (TPSA) is 60.7 Å². The van der Waals surface area contributed by atoms with Crippen LogP contribution in [0.3, 0.4) is 0 Å². The molecule has 0 spiro atoms. The lowest BCUT2D eigenvalue weighted by atomic mass is 9.93. The Morgan fingerprint density at radius 2 is 0.741 bits per heavy atom. The summed E-state index contributed by atoms with van der Waals surface area (Å²) in [6.45, 7) is 4.36. The first-order valence-corrected chi connectivity index (χ1v) is 12.2. The second-order valence-electron chi connectivity index (χ2n) is 8.62. The largest absolute Gasteiger partial charge is 0.343 e. The molecule has 0 heterocycles. The van der Waals surface area contributed by atoms with E-state index in [1.807, 2.05) is 0 Å². The number of aliphatic hydroxyl groups is 3. The zero-order valence-electron chi connectivity index (χ0n) is 18.6. The zero-order valence-corrected chi connectivity index (χ0v) is 18.6. The van der Waals surface area contributed by atoms with Crippen molar-refractivity contribution in [1.82, 2.24) is 0 Å². The van der Waals surface area contributed by atoms with Crippen molar-refractivity contribution in [1.29, 1.82) is 0 Å². The van der Waals surface area contributed by atoms with Crippen LogP contribution in [-0.4, -0.2) is 21.3 Å². The van der Waals surface area contributed by atoms with E-state index >= 15 is 0 Å². The van der Waals surface area contributed by atoms with Crippen LogP contribution in [0.1, 0.15) is 142 Å². The summed E-state index contributed by atoms with van der Waals surface area (Å²) in [5, 5.41) is 28.3. The molecular weight excluding hydrogens is 336 g/mol. The number of unbranched alkanes of at least 4 members (excludes halogenated alkanes) is 16. The highest BCUT2D eigenvalue weighted by Gasteiger charge is 2.30. The maximum atomic E-state index is 9.44. The molecule has 0 aromatic rings. The lowest BCUT2D eigenvalue weighted by molar-refractivity contribution is -0.344. The quantitative estimate of drug-likeness (QED) is 0.146. The molecule has 3 N–H and O–H groups in total. The molecule has 0 saturated carbocycles. The smallest absolute Gasteiger partial charge is 0.278 e. The van der Waals surface area contributed by atoms with Gasteiger partial charge >= 0.3 is 0 Å². The predicted molar refractivity (Wildman–Crippen MR) is 117 cm³/mol. The van der Waals surface area contributed by atoms with Crippen molar-refractivity contribution in [3.63, 3.8) is 0 Å². The second kappa shape index (κ2) is 19.2. The third-order valence-electron chi connectivity index (χ3n) is 5.86. The van der Waals surface area contributed by atoms with E-state index in [2.05, 4.69) is 13.8 Å². The Hall–Kier alpha value is -0.120. The van der Waals surface area contributed by atoms with E-state index in [9.17, 15) is 15.3 Å². The van der Waals surface area contributed by atoms with Gasteiger partial charge in [0, 0.05) is 5.92 Å². The van der Waals surface area contributed by atoms with Gasteiger partial charge in [0.1, 0.15) is 0 Å². The van der Waals surface area contributed by atoms with E-state index < -0.39 is 11.9 Å². The van der Waals surface area contributed by atoms with Crippen LogP contribution in [0.15, 0.2) is 0 Å². The van der Waals surface area contributed by atoms with Gasteiger partial charge in [-0.2, -0.15) is 0 Å². The van der Waals surface area contributed by atoms with Crippen molar-refractivity contribution in [3.05, 3.63) is 0 Å². The Morgan fingerprint density at radius 3 is 1.07 bits per heavy atom. The molecule has 0 bridgehead atoms. The SMILES string of the molecule is CCCCCCCCCCCCCCCCCCC(CCCC)C(O)(O)O. The summed E-state index contributed by atoms with van der Waals surface area (Å²) in [6, 6.07) is 0. The molecule has 27 heavy (non-hydrogen) atoms. The van der Waals surface area contributed by atoms with Gasteiger partial charge < -0.3 is 15.3 Å². The normalized spacial score (nSPS) is 13.2. The Balaban J connectivity index is 3.32. The molecule has 0 saturated heterocycles. The minimum Gasteiger partial charge on any atom is -0.343 e. The van der Waals surface area contributed by atoms with E-state index in [1.165, 1.54) is 89.9 Å². The fourth-order valence-corrected chi connectivity index (χ4v) is 3.92. The molecular formula is C24H50O3. The molecule has 0 aliphatic rings. The van der Waals surface area contributed by atoms with E-state index in [1.54, 1.807) is 0 Å². The fourth-order valence-electron chi connectivity index (χ4n) is 3.92. The van der Waals surface area contributed by atoms with Gasteiger partial charge in [-0.1, -0.05) is 129 Å². The summed E-state index contributed by atoms with van der Waals surface area (Å²) in [5.41, 5.74) is 0. The number of rotatable bonds is 21. The Bertz CT molecular complexity index is 286. The molecule has 1 atom stereocenters. The van der Waals surface area contributed by atoms with Crippen LogP contribution in [0, 0.1) is 5.92 Å². The van der Waals surface area contributed by atoms with Gasteiger partial charge in [-0.15, -0.1) is 0 Å². The second-order valence-corrected chi connectivity index (χ2v) is 8.62. The van der Waals surface area contributed by atoms with E-state index in [4.69, 9.17) is 0 Å². The summed E-state index contributed by atoms with van der Waals surface area (Å²) in [7, 11) is 0. The van der Waals surface area contributed by atoms with Gasteiger partial charge in [0.15, 0.2) is 0 Å². The van der Waals surface area contributed by atoms with Crippen LogP contribution in [-0.2, 0) is 0 Å². The predicted octanol–water partition coefficient (Wildman–Crippen LogP) is 7.08. The third-order valence-corrected chi connectivity index (χ3v) is 5.86. The summed E-state index contributed by atoms with van der Waals surface area (Å²) < 4.78 is 0. The van der Waals surface area contributed by atoms with Crippen molar-refractivity contribution in [2.24, 2.45) is 5.92 Å². The molecule has 3 nitrogen and oxygen atoms in total. The Morgan fingerprint density at radius 1 is 0.444 bits per heavy atom. The van der Waals surface area contributed by atoms with E-state index in [0.29, 0.717) is 12.8 Å². The van der Waals surface area contributed by atoms with Crippen molar-refractivity contribution in [3.8, 4) is 0 Å². The maximum Gasteiger partial charge on any atom is 0.278 e. The van der Waals surface area contributed by atoms with Crippen LogP contribution in [0.4, 0.5) is 0 Å². The minimum atomic E-state index is -2.50. The molecule has 0 aromatic carbocycles. The molecule has 164 valence electrons. The molecule has 1 unspecified atom stereocenters. The molecule has 0 amide bonds. The van der Waals surface area contributed by atoms with Crippen LogP contribution >= 0.6 is 0 Å². The average molecular weight is 387 g/mol. The highest BCUT2D eigenvalue weighted by Crippen LogP contribution is 2.25. The van der Waals surface area contributed by atoms with Crippen LogP contribution in [0.2, 0.25) is 0 Å². The number of hydrogen-bond donors (Lipinski definition) is 3. The highest BCUT2D eigenvalue weighted by molar-refractivity contribution is 4.66. The molecule has 0 fully saturated rings. The fraction of sp³-hybridized carbons (Fsp3) is 1.00. The first-order valence-electron chi connectivity index (χ1n) is 12.2. The Labute approximate surface area is 170 Å². The van der Waals surface area contributed by atoms with E-state index in [-0.39, 0.29) is 0 Å². The van der Waals surface area contributed by atoms with Gasteiger partial charge in [0.2, 0.25) is 0 Å². The van der Waals surface area contributed by atoms with Gasteiger partial charge in [-0.05, 0) is 12.8 Å². The van der Waals surface area contributed by atoms with Crippen LogP contribution in [0.25, 0.3) is 0 Å². The van der Waals surface area contributed by atoms with Crippen molar-refractivity contribution in [2.75, 3.05) is 0 Å². The first kappa shape index (κ1) is 26.9. The molecule has 0 radical (unpaired) electrons. The highest BCUT2D eigenvalue weighted by atomic mass is 16.7. The van der Waals surface area contributed by atoms with E-state index in [0.717, 1.165) is 25.7 Å². The standard InChI is InChI=1S/C24H50O3/c1-3-5-7-8-9-10-11-12-13-14-15-16-17-18-19-20-22-23(21-6-4-2)24(25,26)27/h23,25-27H,3-22H2,1-2H3. The number of hydrogen-bond acceptors (Lipinski definition) is 3. The Kier molecular flexibility index (Phi) is 19.1. The third kappa shape index (κ3) is 19.0. The lowest BCUT2D eigenvalue weighted by Crippen LogP contribution is -2.37. The molecule has 0 aliphatic heterocycles. The minimum absolute atomic E-state index is 0.399. The van der Waals surface area contributed by atoms with Crippen molar-refractivity contribution in [2.45, 2.75) is 148 Å². The molecule has 0 aliphatic carbocycles. The van der Waals surface area contributed by atoms with Crippen LogP contribution in [0.5, 0.6) is 0 Å². The van der Waals surface area contributed by atoms with Crippen molar-refractivity contribution < 1.29 is 15.3 Å². The molecule has 0 aromatic heterocycles. The average Bonchev–Trinajstić information content (AvgIpc) is 2.62. The summed E-state index contributed by atoms with van der Waals surface area (Å²) in [4.78, 5) is 0. The summed E-state index contributed by atoms with van der Waals surface area (Å²) >= 11 is 0. The van der Waals surface area contributed by atoms with Gasteiger partial charge in [-0.25, -0.2) is 0 Å². The van der Waals surface area contributed by atoms with Gasteiger partial charge in [-0.3, -0.25) is 0 Å². The maximum absolute atomic E-state index is 9.44. The van der Waals surface area contributed by atoms with Crippen molar-refractivity contribution >= 4 is 0 Å². The lowest BCUT2D eigenvalue weighted by Gasteiger charge is -2.25. The first-order chi connectivity index (χ1) is 13.0. The van der Waals surface area contributed by atoms with Crippen LogP contribution < -0.4 is 0 Å². The van der Waals surface area contributed by atoms with Gasteiger partial charge in [0.05, 0.1) is 0 Å².